The maximum atomic E-state index is 4.28. The fourth-order valence-corrected chi connectivity index (χ4v) is 3.43. The molecule has 3 nitrogen and oxygen atoms in total. The summed E-state index contributed by atoms with van der Waals surface area (Å²) in [7, 11) is 1.85. The summed E-state index contributed by atoms with van der Waals surface area (Å²) >= 11 is 2.09. The van der Waals surface area contributed by atoms with Crippen LogP contribution in [0.1, 0.15) is 39.5 Å². The number of rotatable bonds is 6. The Morgan fingerprint density at radius 1 is 1.44 bits per heavy atom. The molecule has 0 spiro atoms. The highest BCUT2D eigenvalue weighted by Gasteiger charge is 2.24. The fourth-order valence-electron chi connectivity index (χ4n) is 2.29. The van der Waals surface area contributed by atoms with Gasteiger partial charge in [0.2, 0.25) is 0 Å². The number of allylic oxidation sites excluding steroid dienone is 1. The molecule has 1 rings (SSSR count). The van der Waals surface area contributed by atoms with E-state index in [1.165, 1.54) is 25.0 Å². The van der Waals surface area contributed by atoms with E-state index in [1.54, 1.807) is 0 Å². The van der Waals surface area contributed by atoms with E-state index in [0.29, 0.717) is 6.04 Å². The normalized spacial score (nSPS) is 24.7. The Labute approximate surface area is 116 Å². The maximum absolute atomic E-state index is 4.28. The average Bonchev–Trinajstić information content (AvgIpc) is 2.81. The van der Waals surface area contributed by atoms with E-state index in [4.69, 9.17) is 0 Å². The lowest BCUT2D eigenvalue weighted by Crippen LogP contribution is -2.42. The summed E-state index contributed by atoms with van der Waals surface area (Å²) < 4.78 is 0. The van der Waals surface area contributed by atoms with Gasteiger partial charge in [-0.05, 0) is 38.4 Å². The van der Waals surface area contributed by atoms with E-state index < -0.39 is 0 Å². The van der Waals surface area contributed by atoms with E-state index >= 15 is 0 Å². The van der Waals surface area contributed by atoms with Gasteiger partial charge in [0.25, 0.3) is 0 Å². The van der Waals surface area contributed by atoms with Crippen LogP contribution in [0.15, 0.2) is 17.1 Å². The molecule has 1 aliphatic carbocycles. The Morgan fingerprint density at radius 2 is 2.28 bits per heavy atom. The van der Waals surface area contributed by atoms with Crippen molar-refractivity contribution in [1.29, 1.82) is 0 Å². The van der Waals surface area contributed by atoms with Gasteiger partial charge in [0.15, 0.2) is 5.96 Å². The molecule has 0 aromatic heterocycles. The molecule has 1 aliphatic rings. The summed E-state index contributed by atoms with van der Waals surface area (Å²) in [5.41, 5.74) is 0. The largest absolute Gasteiger partial charge is 0.356 e. The Bertz CT molecular complexity index is 276. The molecular weight excluding hydrogens is 242 g/mol. The van der Waals surface area contributed by atoms with Crippen molar-refractivity contribution in [1.82, 2.24) is 10.6 Å². The van der Waals surface area contributed by atoms with Crippen molar-refractivity contribution >= 4 is 17.7 Å². The third kappa shape index (κ3) is 5.80. The smallest absolute Gasteiger partial charge is 0.191 e. The number of nitrogens with one attached hydrogen (secondary N) is 2. The van der Waals surface area contributed by atoms with E-state index in [1.807, 2.05) is 7.05 Å². The van der Waals surface area contributed by atoms with E-state index in [-0.39, 0.29) is 0 Å². The second-order valence-corrected chi connectivity index (χ2v) is 6.17. The molecule has 18 heavy (non-hydrogen) atoms. The molecule has 2 N–H and O–H groups in total. The zero-order valence-electron chi connectivity index (χ0n) is 11.9. The van der Waals surface area contributed by atoms with Gasteiger partial charge in [-0.2, -0.15) is 11.8 Å². The highest BCUT2D eigenvalue weighted by molar-refractivity contribution is 7.99. The van der Waals surface area contributed by atoms with Gasteiger partial charge in [0, 0.05) is 24.9 Å². The molecule has 104 valence electrons. The molecule has 0 amide bonds. The van der Waals surface area contributed by atoms with Crippen molar-refractivity contribution < 1.29 is 0 Å². The first-order valence-corrected chi connectivity index (χ1v) is 8.05. The Kier molecular flexibility index (Phi) is 7.98. The summed E-state index contributed by atoms with van der Waals surface area (Å²) in [5.74, 6) is 2.18. The predicted molar refractivity (Wildman–Crippen MR) is 83.5 cm³/mol. The van der Waals surface area contributed by atoms with Crippen LogP contribution in [0.5, 0.6) is 0 Å². The van der Waals surface area contributed by atoms with Crippen LogP contribution in [0.25, 0.3) is 0 Å². The van der Waals surface area contributed by atoms with Gasteiger partial charge in [-0.25, -0.2) is 0 Å². The number of guanidine groups is 1. The molecule has 4 heteroatoms. The van der Waals surface area contributed by atoms with Crippen molar-refractivity contribution in [2.75, 3.05) is 19.3 Å². The molecule has 2 unspecified atom stereocenters. The third-order valence-corrected chi connectivity index (χ3v) is 4.42. The van der Waals surface area contributed by atoms with Gasteiger partial charge < -0.3 is 10.6 Å². The zero-order chi connectivity index (χ0) is 13.2. The van der Waals surface area contributed by atoms with Crippen LogP contribution >= 0.6 is 11.8 Å². The van der Waals surface area contributed by atoms with Gasteiger partial charge in [-0.3, -0.25) is 4.99 Å². The van der Waals surface area contributed by atoms with Crippen LogP contribution < -0.4 is 10.6 Å². The Hall–Kier alpha value is -0.640. The standard InChI is InChI=1S/C14H27N3S/c1-4-6-7-10-16-14(15-3)17-12-8-9-13(11-12)18-5-2/h4,6,12-13H,5,7-11H2,1-3H3,(H2,15,16,17). The number of hydrogen-bond acceptors (Lipinski definition) is 2. The first-order chi connectivity index (χ1) is 8.80. The van der Waals surface area contributed by atoms with Gasteiger partial charge >= 0.3 is 0 Å². The third-order valence-electron chi connectivity index (χ3n) is 3.19. The summed E-state index contributed by atoms with van der Waals surface area (Å²) in [6.45, 7) is 5.24. The SMILES string of the molecule is CC=CCCNC(=NC)NC1CCC(SCC)C1. The van der Waals surface area contributed by atoms with Crippen molar-refractivity contribution in [3.05, 3.63) is 12.2 Å². The molecule has 1 fully saturated rings. The topological polar surface area (TPSA) is 36.4 Å². The van der Waals surface area contributed by atoms with Crippen molar-refractivity contribution in [3.8, 4) is 0 Å². The van der Waals surface area contributed by atoms with Crippen LogP contribution in [-0.4, -0.2) is 36.6 Å². The molecule has 0 radical (unpaired) electrons. The second-order valence-electron chi connectivity index (χ2n) is 4.59. The van der Waals surface area contributed by atoms with Gasteiger partial charge in [-0.15, -0.1) is 0 Å². The summed E-state index contributed by atoms with van der Waals surface area (Å²) in [6.07, 6.45) is 9.19. The lowest BCUT2D eigenvalue weighted by molar-refractivity contribution is 0.615. The van der Waals surface area contributed by atoms with E-state index in [0.717, 1.165) is 24.2 Å². The molecule has 2 atom stereocenters. The molecule has 0 bridgehead atoms. The number of aliphatic imine (C=N–C) groups is 1. The van der Waals surface area contributed by atoms with Crippen molar-refractivity contribution in [2.24, 2.45) is 4.99 Å². The summed E-state index contributed by atoms with van der Waals surface area (Å²) in [5, 5.41) is 7.73. The highest BCUT2D eigenvalue weighted by Crippen LogP contribution is 2.29. The highest BCUT2D eigenvalue weighted by atomic mass is 32.2. The fraction of sp³-hybridized carbons (Fsp3) is 0.786. The van der Waals surface area contributed by atoms with Gasteiger partial charge in [0.1, 0.15) is 0 Å². The molecular formula is C14H27N3S. The van der Waals surface area contributed by atoms with Crippen molar-refractivity contribution in [3.63, 3.8) is 0 Å². The van der Waals surface area contributed by atoms with E-state index in [9.17, 15) is 0 Å². The molecule has 0 aromatic carbocycles. The van der Waals surface area contributed by atoms with Crippen molar-refractivity contribution in [2.45, 2.75) is 50.8 Å². The van der Waals surface area contributed by atoms with Crippen LogP contribution in [0.2, 0.25) is 0 Å². The second kappa shape index (κ2) is 9.31. The minimum absolute atomic E-state index is 0.599. The summed E-state index contributed by atoms with van der Waals surface area (Å²) in [6, 6.07) is 0.599. The first kappa shape index (κ1) is 15.4. The van der Waals surface area contributed by atoms with Crippen LogP contribution in [0.4, 0.5) is 0 Å². The minimum Gasteiger partial charge on any atom is -0.356 e. The number of thioether (sulfide) groups is 1. The van der Waals surface area contributed by atoms with Crippen LogP contribution in [-0.2, 0) is 0 Å². The zero-order valence-corrected chi connectivity index (χ0v) is 12.7. The lowest BCUT2D eigenvalue weighted by atomic mass is 10.2. The predicted octanol–water partition coefficient (Wildman–Crippen LogP) is 2.79. The molecule has 0 heterocycles. The maximum Gasteiger partial charge on any atom is 0.191 e. The quantitative estimate of drug-likeness (QED) is 0.337. The van der Waals surface area contributed by atoms with E-state index in [2.05, 4.69) is 53.4 Å². The molecule has 1 saturated carbocycles. The summed E-state index contributed by atoms with van der Waals surface area (Å²) in [4.78, 5) is 4.28. The first-order valence-electron chi connectivity index (χ1n) is 7.00. The van der Waals surface area contributed by atoms with Gasteiger partial charge in [-0.1, -0.05) is 19.1 Å². The molecule has 0 aliphatic heterocycles. The minimum atomic E-state index is 0.599. The number of hydrogen-bond donors (Lipinski definition) is 2. The number of nitrogens with zero attached hydrogens (tertiary/aromatic N) is 1. The molecule has 0 aromatic rings. The molecule has 0 saturated heterocycles. The lowest BCUT2D eigenvalue weighted by Gasteiger charge is -2.17. The Balaban J connectivity index is 2.23. The Morgan fingerprint density at radius 3 is 2.94 bits per heavy atom. The van der Waals surface area contributed by atoms with Crippen LogP contribution in [0, 0.1) is 0 Å². The monoisotopic (exact) mass is 269 g/mol. The average molecular weight is 269 g/mol. The van der Waals surface area contributed by atoms with Gasteiger partial charge in [0.05, 0.1) is 0 Å². The van der Waals surface area contributed by atoms with Crippen LogP contribution in [0.3, 0.4) is 0 Å².